The predicted octanol–water partition coefficient (Wildman–Crippen LogP) is 4.79. The summed E-state index contributed by atoms with van der Waals surface area (Å²) in [5.41, 5.74) is 2.87. The Morgan fingerprint density at radius 2 is 1.97 bits per heavy atom. The van der Waals surface area contributed by atoms with Crippen LogP contribution in [-0.4, -0.2) is 42.3 Å². The molecule has 0 radical (unpaired) electrons. The van der Waals surface area contributed by atoms with Crippen molar-refractivity contribution in [3.8, 4) is 11.5 Å². The largest absolute Gasteiger partial charge is 0.493 e. The molecule has 1 fully saturated rings. The number of benzene rings is 2. The lowest BCUT2D eigenvalue weighted by Crippen LogP contribution is -2.42. The van der Waals surface area contributed by atoms with Crippen molar-refractivity contribution >= 4 is 57.5 Å². The third kappa shape index (κ3) is 5.26. The minimum Gasteiger partial charge on any atom is -0.493 e. The molecule has 0 unspecified atom stereocenters. The van der Waals surface area contributed by atoms with Crippen molar-refractivity contribution in [1.29, 1.82) is 0 Å². The lowest BCUT2D eigenvalue weighted by molar-refractivity contribution is -0.148. The molecule has 168 valence electrons. The van der Waals surface area contributed by atoms with Crippen LogP contribution in [0.3, 0.4) is 0 Å². The molecule has 32 heavy (non-hydrogen) atoms. The van der Waals surface area contributed by atoms with Crippen LogP contribution in [0.25, 0.3) is 6.08 Å². The van der Waals surface area contributed by atoms with Crippen molar-refractivity contribution in [2.75, 3.05) is 14.2 Å². The summed E-state index contributed by atoms with van der Waals surface area (Å²) in [6.07, 6.45) is 1.60. The Balaban J connectivity index is 1.84. The zero-order chi connectivity index (χ0) is 23.4. The topological polar surface area (TPSA) is 82.1 Å². The molecule has 1 aliphatic heterocycles. The number of halogens is 1. The van der Waals surface area contributed by atoms with E-state index in [1.54, 1.807) is 19.3 Å². The molecule has 2 aromatic rings. The van der Waals surface area contributed by atoms with Crippen LogP contribution in [0.15, 0.2) is 41.3 Å². The number of thioether (sulfide) groups is 1. The van der Waals surface area contributed by atoms with Crippen LogP contribution in [0.2, 0.25) is 0 Å². The fourth-order valence-electron chi connectivity index (χ4n) is 3.16. The minimum absolute atomic E-state index is 0.219. The van der Waals surface area contributed by atoms with Gasteiger partial charge in [0.2, 0.25) is 0 Å². The Labute approximate surface area is 204 Å². The van der Waals surface area contributed by atoms with E-state index < -0.39 is 23.2 Å². The Kier molecular flexibility index (Phi) is 7.83. The summed E-state index contributed by atoms with van der Waals surface area (Å²) in [4.78, 5) is 37.9. The summed E-state index contributed by atoms with van der Waals surface area (Å²) in [5.74, 6) is -0.0799. The van der Waals surface area contributed by atoms with E-state index in [-0.39, 0.29) is 4.91 Å². The molecule has 0 aliphatic carbocycles. The lowest BCUT2D eigenvalue weighted by atomic mass is 10.1. The van der Waals surface area contributed by atoms with Gasteiger partial charge in [-0.1, -0.05) is 29.8 Å². The Morgan fingerprint density at radius 1 is 1.22 bits per heavy atom. The first-order valence-electron chi connectivity index (χ1n) is 9.66. The number of methoxy groups -OCH3 is 2. The fraction of sp³-hybridized carbons (Fsp3) is 0.261. The molecule has 7 nitrogen and oxygen atoms in total. The van der Waals surface area contributed by atoms with E-state index in [1.165, 1.54) is 14.0 Å². The molecule has 0 aromatic heterocycles. The standard InChI is InChI=1S/C23H22INO6S/c1-13-6-5-7-15(8-13)12-31-20-17(24)9-16(10-18(20)29-3)11-19-21(26)25(23(28)32-19)14(2)22(27)30-4/h5-11,14H,12H2,1-4H3/b19-11+/t14-/m0/s1. The normalized spacial score (nSPS) is 15.8. The van der Waals surface area contributed by atoms with Gasteiger partial charge >= 0.3 is 5.97 Å². The summed E-state index contributed by atoms with van der Waals surface area (Å²) in [6.45, 7) is 3.87. The summed E-state index contributed by atoms with van der Waals surface area (Å²) in [6, 6.07) is 10.6. The summed E-state index contributed by atoms with van der Waals surface area (Å²) >= 11 is 2.93. The second-order valence-corrected chi connectivity index (χ2v) is 9.22. The number of carbonyl (C=O) groups is 3. The van der Waals surface area contributed by atoms with Crippen molar-refractivity contribution in [2.45, 2.75) is 26.5 Å². The van der Waals surface area contributed by atoms with Gasteiger partial charge in [-0.2, -0.15) is 0 Å². The number of carbonyl (C=O) groups excluding carboxylic acids is 3. The second-order valence-electron chi connectivity index (χ2n) is 7.06. The zero-order valence-corrected chi connectivity index (χ0v) is 21.0. The highest BCUT2D eigenvalue weighted by molar-refractivity contribution is 14.1. The first-order chi connectivity index (χ1) is 15.2. The Morgan fingerprint density at radius 3 is 2.62 bits per heavy atom. The number of hydrogen-bond acceptors (Lipinski definition) is 7. The van der Waals surface area contributed by atoms with E-state index in [9.17, 15) is 14.4 Å². The number of ether oxygens (including phenoxy) is 3. The van der Waals surface area contributed by atoms with Crippen LogP contribution in [0.1, 0.15) is 23.6 Å². The van der Waals surface area contributed by atoms with Crippen LogP contribution in [0.5, 0.6) is 11.5 Å². The molecule has 0 bridgehead atoms. The number of esters is 1. The van der Waals surface area contributed by atoms with Crippen molar-refractivity contribution in [1.82, 2.24) is 4.90 Å². The highest BCUT2D eigenvalue weighted by Gasteiger charge is 2.41. The van der Waals surface area contributed by atoms with Gasteiger partial charge < -0.3 is 14.2 Å². The smallest absolute Gasteiger partial charge is 0.328 e. The van der Waals surface area contributed by atoms with Crippen LogP contribution in [0.4, 0.5) is 4.79 Å². The van der Waals surface area contributed by atoms with Gasteiger partial charge in [0.25, 0.3) is 11.1 Å². The maximum absolute atomic E-state index is 12.7. The van der Waals surface area contributed by atoms with E-state index >= 15 is 0 Å². The van der Waals surface area contributed by atoms with Crippen molar-refractivity contribution in [3.05, 3.63) is 61.6 Å². The van der Waals surface area contributed by atoms with Gasteiger partial charge in [0.05, 0.1) is 22.7 Å². The highest BCUT2D eigenvalue weighted by Crippen LogP contribution is 2.38. The van der Waals surface area contributed by atoms with E-state index in [1.807, 2.05) is 31.2 Å². The van der Waals surface area contributed by atoms with Gasteiger partial charge in [-0.3, -0.25) is 14.5 Å². The van der Waals surface area contributed by atoms with Gasteiger partial charge in [0.1, 0.15) is 12.6 Å². The summed E-state index contributed by atoms with van der Waals surface area (Å²) in [5, 5.41) is -0.515. The first-order valence-corrected chi connectivity index (χ1v) is 11.6. The number of nitrogens with zero attached hydrogens (tertiary/aromatic N) is 1. The van der Waals surface area contributed by atoms with E-state index in [0.29, 0.717) is 23.7 Å². The molecule has 2 aromatic carbocycles. The summed E-state index contributed by atoms with van der Waals surface area (Å²) in [7, 11) is 2.76. The SMILES string of the molecule is COC(=O)[C@H](C)N1C(=O)S/C(=C/c2cc(I)c(OCc3cccc(C)c3)c(OC)c2)C1=O. The van der Waals surface area contributed by atoms with Gasteiger partial charge in [0, 0.05) is 0 Å². The maximum atomic E-state index is 12.7. The van der Waals surface area contributed by atoms with Gasteiger partial charge in [0.15, 0.2) is 11.5 Å². The zero-order valence-electron chi connectivity index (χ0n) is 18.0. The van der Waals surface area contributed by atoms with Crippen molar-refractivity contribution in [2.24, 2.45) is 0 Å². The molecule has 0 spiro atoms. The van der Waals surface area contributed by atoms with Crippen LogP contribution < -0.4 is 9.47 Å². The predicted molar refractivity (Wildman–Crippen MR) is 131 cm³/mol. The van der Waals surface area contributed by atoms with E-state index in [0.717, 1.165) is 31.4 Å². The van der Waals surface area contributed by atoms with Gasteiger partial charge in [-0.25, -0.2) is 4.79 Å². The fourth-order valence-corrected chi connectivity index (χ4v) is 4.85. The number of rotatable bonds is 7. The molecule has 1 aliphatic rings. The van der Waals surface area contributed by atoms with Crippen LogP contribution in [0, 0.1) is 10.5 Å². The molecular weight excluding hydrogens is 545 g/mol. The Hall–Kier alpha value is -2.53. The molecular formula is C23H22INO6S. The van der Waals surface area contributed by atoms with Gasteiger partial charge in [-0.15, -0.1) is 0 Å². The molecule has 3 rings (SSSR count). The number of aryl methyl sites for hydroxylation is 1. The Bertz CT molecular complexity index is 1100. The average molecular weight is 567 g/mol. The number of hydrogen-bond donors (Lipinski definition) is 0. The molecule has 9 heteroatoms. The molecule has 1 saturated heterocycles. The van der Waals surface area contributed by atoms with Gasteiger partial charge in [-0.05, 0) is 77.5 Å². The average Bonchev–Trinajstić information content (AvgIpc) is 3.04. The van der Waals surface area contributed by atoms with E-state index in [4.69, 9.17) is 9.47 Å². The van der Waals surface area contributed by atoms with Crippen LogP contribution >= 0.6 is 34.4 Å². The second kappa shape index (κ2) is 10.4. The quantitative estimate of drug-likeness (QED) is 0.271. The monoisotopic (exact) mass is 567 g/mol. The minimum atomic E-state index is -0.995. The number of imide groups is 1. The van der Waals surface area contributed by atoms with Crippen LogP contribution in [-0.2, 0) is 20.9 Å². The molecule has 2 amide bonds. The summed E-state index contributed by atoms with van der Waals surface area (Å²) < 4.78 is 17.0. The number of amides is 2. The molecule has 0 N–H and O–H groups in total. The maximum Gasteiger partial charge on any atom is 0.328 e. The first kappa shape index (κ1) is 24.1. The van der Waals surface area contributed by atoms with Crippen molar-refractivity contribution < 1.29 is 28.6 Å². The van der Waals surface area contributed by atoms with Crippen molar-refractivity contribution in [3.63, 3.8) is 0 Å². The molecule has 1 heterocycles. The third-order valence-electron chi connectivity index (χ3n) is 4.77. The third-order valence-corrected chi connectivity index (χ3v) is 6.45. The molecule has 1 atom stereocenters. The highest BCUT2D eigenvalue weighted by atomic mass is 127. The van der Waals surface area contributed by atoms with E-state index in [2.05, 4.69) is 33.4 Å². The molecule has 0 saturated carbocycles. The lowest BCUT2D eigenvalue weighted by Gasteiger charge is -2.18.